The number of Topliss-reactive ketones (excluding diaryl/α,β-unsaturated/α-hetero) is 1. The van der Waals surface area contributed by atoms with Gasteiger partial charge >= 0.3 is 0 Å². The Hall–Kier alpha value is -1.33. The van der Waals surface area contributed by atoms with Gasteiger partial charge in [0.25, 0.3) is 0 Å². The van der Waals surface area contributed by atoms with Gasteiger partial charge in [-0.25, -0.2) is 4.39 Å². The van der Waals surface area contributed by atoms with E-state index < -0.39 is 5.82 Å². The first-order valence-corrected chi connectivity index (χ1v) is 4.91. The summed E-state index contributed by atoms with van der Waals surface area (Å²) in [7, 11) is 0. The van der Waals surface area contributed by atoms with Crippen molar-refractivity contribution in [3.05, 3.63) is 34.6 Å². The summed E-state index contributed by atoms with van der Waals surface area (Å²) in [6.07, 6.45) is 0.815. The van der Waals surface area contributed by atoms with E-state index in [4.69, 9.17) is 11.6 Å². The van der Waals surface area contributed by atoms with Crippen LogP contribution in [0.2, 0.25) is 5.02 Å². The Kier molecular flexibility index (Phi) is 4.33. The zero-order valence-electron chi connectivity index (χ0n) is 8.31. The molecule has 0 aromatic heterocycles. The van der Waals surface area contributed by atoms with E-state index in [9.17, 15) is 9.18 Å². The van der Waals surface area contributed by atoms with E-state index in [-0.39, 0.29) is 10.8 Å². The lowest BCUT2D eigenvalue weighted by atomic mass is 10.1. The molecule has 0 spiro atoms. The summed E-state index contributed by atoms with van der Waals surface area (Å²) in [5.41, 5.74) is 0.357. The Morgan fingerprint density at radius 3 is 2.87 bits per heavy atom. The van der Waals surface area contributed by atoms with Crippen molar-refractivity contribution in [3.63, 3.8) is 0 Å². The van der Waals surface area contributed by atoms with E-state index in [1.165, 1.54) is 12.1 Å². The van der Waals surface area contributed by atoms with Gasteiger partial charge in [0.15, 0.2) is 5.78 Å². The molecule has 0 fully saturated rings. The lowest BCUT2D eigenvalue weighted by molar-refractivity contribution is 0.0984. The lowest BCUT2D eigenvalue weighted by Crippen LogP contribution is -1.99. The molecule has 0 aliphatic carbocycles. The molecule has 0 unspecified atom stereocenters. The molecule has 0 radical (unpaired) electrons. The molecule has 0 aliphatic rings. The third-order valence-electron chi connectivity index (χ3n) is 1.89. The van der Waals surface area contributed by atoms with Gasteiger partial charge in [0.1, 0.15) is 5.82 Å². The van der Waals surface area contributed by atoms with Crippen LogP contribution < -0.4 is 0 Å². The fourth-order valence-electron chi connectivity index (χ4n) is 1.15. The fourth-order valence-corrected chi connectivity index (χ4v) is 1.42. The highest BCUT2D eigenvalue weighted by molar-refractivity contribution is 6.33. The lowest BCUT2D eigenvalue weighted by Gasteiger charge is -2.01. The van der Waals surface area contributed by atoms with E-state index in [0.29, 0.717) is 18.4 Å². The Morgan fingerprint density at radius 2 is 2.27 bits per heavy atom. The monoisotopic (exact) mass is 224 g/mol. The molecule has 0 amide bonds. The van der Waals surface area contributed by atoms with Gasteiger partial charge in [-0.3, -0.25) is 4.79 Å². The largest absolute Gasteiger partial charge is 0.294 e. The molecule has 15 heavy (non-hydrogen) atoms. The van der Waals surface area contributed by atoms with Crippen LogP contribution in [0.15, 0.2) is 18.2 Å². The Balaban J connectivity index is 2.76. The minimum absolute atomic E-state index is 0.109. The smallest absolute Gasteiger partial charge is 0.165 e. The van der Waals surface area contributed by atoms with E-state index in [0.717, 1.165) is 6.07 Å². The van der Waals surface area contributed by atoms with Gasteiger partial charge in [-0.15, -0.1) is 11.8 Å². The van der Waals surface area contributed by atoms with Crippen LogP contribution in [0, 0.1) is 17.7 Å². The van der Waals surface area contributed by atoms with E-state index in [1.54, 1.807) is 6.92 Å². The molecule has 0 saturated carbocycles. The van der Waals surface area contributed by atoms with Crippen molar-refractivity contribution in [2.75, 3.05) is 0 Å². The Labute approximate surface area is 93.3 Å². The first-order chi connectivity index (χ1) is 7.15. The second-order valence-corrected chi connectivity index (χ2v) is 3.38. The number of ketones is 1. The molecule has 1 nitrogen and oxygen atoms in total. The van der Waals surface area contributed by atoms with Crippen molar-refractivity contribution in [1.82, 2.24) is 0 Å². The van der Waals surface area contributed by atoms with Crippen LogP contribution in [-0.4, -0.2) is 5.78 Å². The first kappa shape index (κ1) is 11.7. The SMILES string of the molecule is CC#CCCC(=O)c1ccc(F)cc1Cl. The maximum atomic E-state index is 12.7. The highest BCUT2D eigenvalue weighted by atomic mass is 35.5. The molecular weight excluding hydrogens is 215 g/mol. The van der Waals surface area contributed by atoms with Gasteiger partial charge in [-0.1, -0.05) is 11.6 Å². The summed E-state index contributed by atoms with van der Waals surface area (Å²) in [4.78, 5) is 11.6. The Bertz CT molecular complexity index is 429. The Morgan fingerprint density at radius 1 is 1.53 bits per heavy atom. The summed E-state index contributed by atoms with van der Waals surface area (Å²) in [5, 5.41) is 0.157. The minimum Gasteiger partial charge on any atom is -0.294 e. The van der Waals surface area contributed by atoms with Crippen LogP contribution in [0.4, 0.5) is 4.39 Å². The van der Waals surface area contributed by atoms with Crippen molar-refractivity contribution < 1.29 is 9.18 Å². The summed E-state index contributed by atoms with van der Waals surface area (Å²) in [6.45, 7) is 1.72. The topological polar surface area (TPSA) is 17.1 Å². The third kappa shape index (κ3) is 3.38. The quantitative estimate of drug-likeness (QED) is 0.568. The molecule has 0 heterocycles. The van der Waals surface area contributed by atoms with E-state index >= 15 is 0 Å². The molecule has 0 atom stereocenters. The van der Waals surface area contributed by atoms with Crippen LogP contribution >= 0.6 is 11.6 Å². The second kappa shape index (κ2) is 5.53. The average Bonchev–Trinajstić information content (AvgIpc) is 2.17. The molecule has 0 bridgehead atoms. The van der Waals surface area contributed by atoms with Crippen molar-refractivity contribution in [2.45, 2.75) is 19.8 Å². The van der Waals surface area contributed by atoms with Gasteiger partial charge in [0.2, 0.25) is 0 Å². The van der Waals surface area contributed by atoms with Crippen LogP contribution in [0.3, 0.4) is 0 Å². The zero-order chi connectivity index (χ0) is 11.3. The van der Waals surface area contributed by atoms with Gasteiger partial charge in [-0.05, 0) is 25.1 Å². The molecule has 1 aromatic carbocycles. The number of hydrogen-bond donors (Lipinski definition) is 0. The number of carbonyl (C=O) groups excluding carboxylic acids is 1. The summed E-state index contributed by atoms with van der Waals surface area (Å²) in [6, 6.07) is 3.77. The van der Waals surface area contributed by atoms with Gasteiger partial charge in [0, 0.05) is 18.4 Å². The number of hydrogen-bond acceptors (Lipinski definition) is 1. The molecular formula is C12H10ClFO. The average molecular weight is 225 g/mol. The van der Waals surface area contributed by atoms with Gasteiger partial charge in [0.05, 0.1) is 5.02 Å². The van der Waals surface area contributed by atoms with E-state index in [2.05, 4.69) is 11.8 Å². The highest BCUT2D eigenvalue weighted by Crippen LogP contribution is 2.19. The van der Waals surface area contributed by atoms with Crippen molar-refractivity contribution >= 4 is 17.4 Å². The molecule has 0 aliphatic heterocycles. The van der Waals surface area contributed by atoms with Crippen LogP contribution in [0.5, 0.6) is 0 Å². The summed E-state index contributed by atoms with van der Waals surface area (Å²) >= 11 is 5.74. The molecule has 1 aromatic rings. The van der Waals surface area contributed by atoms with Crippen molar-refractivity contribution in [2.24, 2.45) is 0 Å². The molecule has 0 N–H and O–H groups in total. The van der Waals surface area contributed by atoms with Gasteiger partial charge < -0.3 is 0 Å². The minimum atomic E-state index is -0.440. The third-order valence-corrected chi connectivity index (χ3v) is 2.20. The predicted molar refractivity (Wildman–Crippen MR) is 58.4 cm³/mol. The number of halogens is 2. The molecule has 78 valence electrons. The summed E-state index contributed by atoms with van der Waals surface area (Å²) < 4.78 is 12.7. The molecule has 1 rings (SSSR count). The van der Waals surface area contributed by atoms with Gasteiger partial charge in [-0.2, -0.15) is 0 Å². The number of rotatable bonds is 3. The van der Waals surface area contributed by atoms with Crippen LogP contribution in [0.1, 0.15) is 30.1 Å². The normalized spacial score (nSPS) is 9.27. The van der Waals surface area contributed by atoms with Crippen molar-refractivity contribution in [1.29, 1.82) is 0 Å². The summed E-state index contributed by atoms with van der Waals surface area (Å²) in [5.74, 6) is 4.95. The number of carbonyl (C=O) groups is 1. The van der Waals surface area contributed by atoms with Crippen molar-refractivity contribution in [3.8, 4) is 11.8 Å². The fraction of sp³-hybridized carbons (Fsp3) is 0.250. The zero-order valence-corrected chi connectivity index (χ0v) is 9.07. The predicted octanol–water partition coefficient (Wildman–Crippen LogP) is 3.47. The van der Waals surface area contributed by atoms with E-state index in [1.807, 2.05) is 0 Å². The highest BCUT2D eigenvalue weighted by Gasteiger charge is 2.09. The maximum absolute atomic E-state index is 12.7. The molecule has 0 saturated heterocycles. The van der Waals surface area contributed by atoms with Crippen LogP contribution in [-0.2, 0) is 0 Å². The first-order valence-electron chi connectivity index (χ1n) is 4.53. The second-order valence-electron chi connectivity index (χ2n) is 2.97. The van der Waals surface area contributed by atoms with Crippen LogP contribution in [0.25, 0.3) is 0 Å². The number of benzene rings is 1. The molecule has 3 heteroatoms. The standard InChI is InChI=1S/C12H10ClFO/c1-2-3-4-5-12(15)10-7-6-9(14)8-11(10)13/h6-8H,4-5H2,1H3. The maximum Gasteiger partial charge on any atom is 0.165 e.